The number of nitrogens with zero attached hydrogens (tertiary/aromatic N) is 4. The number of thioether (sulfide) groups is 1. The van der Waals surface area contributed by atoms with E-state index in [0.29, 0.717) is 61.2 Å². The molecule has 1 unspecified atom stereocenters. The number of hydrogen-bond donors (Lipinski definition) is 0. The Morgan fingerprint density at radius 3 is 2.38 bits per heavy atom. The third-order valence-corrected chi connectivity index (χ3v) is 7.05. The van der Waals surface area contributed by atoms with E-state index in [1.807, 2.05) is 13.2 Å². The molecular weight excluding hydrogens is 491 g/mol. The molecule has 172 valence electrons. The van der Waals surface area contributed by atoms with Crippen molar-refractivity contribution in [3.8, 4) is 5.69 Å². The van der Waals surface area contributed by atoms with Crippen LogP contribution in [0.15, 0.2) is 17.2 Å². The first kappa shape index (κ1) is 25.1. The van der Waals surface area contributed by atoms with Gasteiger partial charge in [0.15, 0.2) is 5.65 Å². The normalized spacial score (nSPS) is 13.4. The molecule has 1 aromatic carbocycles. The highest BCUT2D eigenvalue weighted by Crippen LogP contribution is 2.42. The number of ether oxygens (including phenoxy) is 1. The largest absolute Gasteiger partial charge is 0.468 e. The monoisotopic (exact) mass is 514 g/mol. The topological polar surface area (TPSA) is 69.9 Å². The molecule has 0 saturated heterocycles. The van der Waals surface area contributed by atoms with Crippen LogP contribution in [-0.2, 0) is 14.9 Å². The van der Waals surface area contributed by atoms with Crippen LogP contribution in [0.3, 0.4) is 0 Å². The third-order valence-electron chi connectivity index (χ3n) is 5.58. The second-order valence-electron chi connectivity index (χ2n) is 7.49. The number of benzene rings is 1. The lowest BCUT2D eigenvalue weighted by Gasteiger charge is -2.30. The Labute approximate surface area is 207 Å². The Kier molecular flexibility index (Phi) is 7.97. The van der Waals surface area contributed by atoms with Gasteiger partial charge >= 0.3 is 5.97 Å². The molecule has 0 amide bonds. The number of aryl methyl sites for hydroxylation is 1. The van der Waals surface area contributed by atoms with Gasteiger partial charge in [-0.25, -0.2) is 14.6 Å². The van der Waals surface area contributed by atoms with Gasteiger partial charge in [0.2, 0.25) is 0 Å². The predicted molar refractivity (Wildman–Crippen MR) is 132 cm³/mol. The molecule has 1 atom stereocenters. The summed E-state index contributed by atoms with van der Waals surface area (Å²) in [6.45, 7) is 5.86. The number of carbonyl (C=O) groups is 1. The maximum absolute atomic E-state index is 13.2. The summed E-state index contributed by atoms with van der Waals surface area (Å²) in [5, 5.41) is 7.25. The van der Waals surface area contributed by atoms with Gasteiger partial charge in [-0.3, -0.25) is 4.79 Å². The van der Waals surface area contributed by atoms with Crippen molar-refractivity contribution in [2.24, 2.45) is 0 Å². The fourth-order valence-electron chi connectivity index (χ4n) is 3.96. The quantitative estimate of drug-likeness (QED) is 0.242. The Morgan fingerprint density at radius 2 is 1.84 bits per heavy atom. The summed E-state index contributed by atoms with van der Waals surface area (Å²) < 4.78 is 6.88. The van der Waals surface area contributed by atoms with Crippen LogP contribution in [0, 0.1) is 6.92 Å². The van der Waals surface area contributed by atoms with E-state index in [2.05, 4.69) is 11.9 Å². The molecule has 2 aromatic heterocycles. The number of aromatic nitrogens is 4. The van der Waals surface area contributed by atoms with E-state index in [9.17, 15) is 4.79 Å². The summed E-state index contributed by atoms with van der Waals surface area (Å²) >= 11 is 20.6. The van der Waals surface area contributed by atoms with E-state index in [1.165, 1.54) is 18.9 Å². The Bertz CT molecular complexity index is 1140. The molecule has 2 heterocycles. The molecule has 3 aromatic rings. The highest BCUT2D eigenvalue weighted by Gasteiger charge is 2.43. The zero-order valence-corrected chi connectivity index (χ0v) is 21.7. The lowest BCUT2D eigenvalue weighted by molar-refractivity contribution is -0.148. The van der Waals surface area contributed by atoms with Crippen LogP contribution in [0.1, 0.15) is 51.0 Å². The third kappa shape index (κ3) is 4.32. The summed E-state index contributed by atoms with van der Waals surface area (Å²) in [7, 11) is 1.41. The van der Waals surface area contributed by atoms with Crippen LogP contribution in [0.2, 0.25) is 15.1 Å². The molecule has 0 radical (unpaired) electrons. The zero-order valence-electron chi connectivity index (χ0n) is 18.6. The van der Waals surface area contributed by atoms with Gasteiger partial charge in [0, 0.05) is 5.02 Å². The Hall–Kier alpha value is -1.54. The average molecular weight is 516 g/mol. The number of halogens is 3. The number of rotatable bonds is 8. The van der Waals surface area contributed by atoms with Crippen molar-refractivity contribution in [1.29, 1.82) is 0 Å². The van der Waals surface area contributed by atoms with Crippen LogP contribution < -0.4 is 0 Å². The minimum Gasteiger partial charge on any atom is -0.468 e. The second kappa shape index (κ2) is 10.2. The lowest BCUT2D eigenvalue weighted by atomic mass is 9.76. The van der Waals surface area contributed by atoms with E-state index in [0.717, 1.165) is 12.8 Å². The van der Waals surface area contributed by atoms with Crippen LogP contribution in [0.25, 0.3) is 16.7 Å². The highest BCUT2D eigenvalue weighted by molar-refractivity contribution is 7.98. The van der Waals surface area contributed by atoms with Crippen molar-refractivity contribution in [2.45, 2.75) is 56.9 Å². The molecule has 0 aliphatic heterocycles. The van der Waals surface area contributed by atoms with Crippen LogP contribution in [0.4, 0.5) is 0 Å². The lowest BCUT2D eigenvalue weighted by Crippen LogP contribution is -2.38. The SMILES string of the molecule is CCCCC(CC)(C(=O)OC)c1nc(C)nc2c1c(SC)nn2-c1c(Cl)cc(Cl)cc1Cl. The Balaban J connectivity index is 2.44. The van der Waals surface area contributed by atoms with Crippen LogP contribution in [0.5, 0.6) is 0 Å². The Morgan fingerprint density at radius 1 is 1.19 bits per heavy atom. The molecule has 6 nitrogen and oxygen atoms in total. The van der Waals surface area contributed by atoms with Crippen LogP contribution >= 0.6 is 46.6 Å². The molecule has 0 saturated carbocycles. The van der Waals surface area contributed by atoms with E-state index in [-0.39, 0.29) is 5.97 Å². The first-order chi connectivity index (χ1) is 15.2. The summed E-state index contributed by atoms with van der Waals surface area (Å²) in [6.07, 6.45) is 4.85. The number of esters is 1. The van der Waals surface area contributed by atoms with Gasteiger partial charge in [0.25, 0.3) is 0 Å². The van der Waals surface area contributed by atoms with Gasteiger partial charge in [-0.1, -0.05) is 61.5 Å². The van der Waals surface area contributed by atoms with Crippen molar-refractivity contribution >= 4 is 63.6 Å². The van der Waals surface area contributed by atoms with Gasteiger partial charge in [-0.05, 0) is 38.2 Å². The van der Waals surface area contributed by atoms with Gasteiger partial charge in [0.05, 0.1) is 28.2 Å². The van der Waals surface area contributed by atoms with Gasteiger partial charge < -0.3 is 4.74 Å². The molecule has 3 rings (SSSR count). The number of fused-ring (bicyclic) bond motifs is 1. The van der Waals surface area contributed by atoms with E-state index in [1.54, 1.807) is 23.7 Å². The minimum atomic E-state index is -0.914. The summed E-state index contributed by atoms with van der Waals surface area (Å²) in [5.74, 6) is 0.205. The van der Waals surface area contributed by atoms with Gasteiger partial charge in [-0.2, -0.15) is 5.10 Å². The molecule has 0 aliphatic carbocycles. The summed E-state index contributed by atoms with van der Waals surface area (Å²) in [4.78, 5) is 22.6. The number of unbranched alkanes of at least 4 members (excludes halogenated alkanes) is 1. The predicted octanol–water partition coefficient (Wildman–Crippen LogP) is 6.82. The molecule has 10 heteroatoms. The van der Waals surface area contributed by atoms with Gasteiger partial charge in [-0.15, -0.1) is 11.8 Å². The average Bonchev–Trinajstić information content (AvgIpc) is 3.11. The molecule has 0 bridgehead atoms. The number of carbonyl (C=O) groups excluding carboxylic acids is 1. The fourth-order valence-corrected chi connectivity index (χ4v) is 5.49. The highest BCUT2D eigenvalue weighted by atomic mass is 35.5. The van der Waals surface area contributed by atoms with Crippen molar-refractivity contribution in [2.75, 3.05) is 13.4 Å². The first-order valence-corrected chi connectivity index (χ1v) is 12.6. The van der Waals surface area contributed by atoms with E-state index >= 15 is 0 Å². The molecule has 32 heavy (non-hydrogen) atoms. The number of hydrogen-bond acceptors (Lipinski definition) is 6. The van der Waals surface area contributed by atoms with Crippen molar-refractivity contribution < 1.29 is 9.53 Å². The minimum absolute atomic E-state index is 0.310. The van der Waals surface area contributed by atoms with Crippen molar-refractivity contribution in [3.63, 3.8) is 0 Å². The molecule has 0 N–H and O–H groups in total. The molecule has 0 spiro atoms. The molecule has 0 aliphatic rings. The first-order valence-electron chi connectivity index (χ1n) is 10.3. The maximum Gasteiger partial charge on any atom is 0.317 e. The molecule has 0 fully saturated rings. The maximum atomic E-state index is 13.2. The van der Waals surface area contributed by atoms with E-state index in [4.69, 9.17) is 49.6 Å². The van der Waals surface area contributed by atoms with E-state index < -0.39 is 5.41 Å². The summed E-state index contributed by atoms with van der Waals surface area (Å²) in [6, 6.07) is 3.22. The zero-order chi connectivity index (χ0) is 23.6. The van der Waals surface area contributed by atoms with Crippen LogP contribution in [-0.4, -0.2) is 39.1 Å². The smallest absolute Gasteiger partial charge is 0.317 e. The number of methoxy groups -OCH3 is 1. The molecular formula is C22H25Cl3N4O2S. The van der Waals surface area contributed by atoms with Crippen molar-refractivity contribution in [1.82, 2.24) is 19.7 Å². The van der Waals surface area contributed by atoms with Crippen molar-refractivity contribution in [3.05, 3.63) is 38.7 Å². The van der Waals surface area contributed by atoms with Gasteiger partial charge in [0.1, 0.15) is 22.0 Å². The summed E-state index contributed by atoms with van der Waals surface area (Å²) in [5.41, 5.74) is 0.712. The second-order valence-corrected chi connectivity index (χ2v) is 9.53. The standard InChI is InChI=1S/C22H25Cl3N4O2S/c1-6-8-9-22(7-2,21(30)31-4)18-16-19(27-12(3)26-18)29(28-20(16)32-5)17-14(24)10-13(23)11-15(17)25/h10-11H,6-9H2,1-5H3. The fraction of sp³-hybridized carbons (Fsp3) is 0.455.